The first kappa shape index (κ1) is 45.3. The number of carbonyl (C=O) groups is 2. The summed E-state index contributed by atoms with van der Waals surface area (Å²) in [6.45, 7) is 17.6. The summed E-state index contributed by atoms with van der Waals surface area (Å²) < 4.78 is 27.9. The summed E-state index contributed by atoms with van der Waals surface area (Å²) in [5, 5.41) is 6.70. The van der Waals surface area contributed by atoms with Crippen molar-refractivity contribution in [3.63, 3.8) is 0 Å². The lowest BCUT2D eigenvalue weighted by Crippen LogP contribution is -2.34. The smallest absolute Gasteiger partial charge is 0.409 e. The second-order valence-electron chi connectivity index (χ2n) is 14.5. The molecule has 0 radical (unpaired) electrons. The molecule has 1 atom stereocenters. The molecule has 0 aromatic heterocycles. The third-order valence-corrected chi connectivity index (χ3v) is 11.8. The highest BCUT2D eigenvalue weighted by molar-refractivity contribution is 7.89. The molecular formula is C42H67N5O5S. The fourth-order valence-corrected chi connectivity index (χ4v) is 7.47. The SMILES string of the molecule is C.C=C1CCc2cc(C)ccc2N1.C=C1Nc2ccc(C)cc2CCC1C.CN1CCCCCC1=O.CN1CCCCS1(=O)=O.CN1CCCOC1=O. The summed E-state index contributed by atoms with van der Waals surface area (Å²) in [5.41, 5.74) is 10.3. The van der Waals surface area contributed by atoms with E-state index in [1.165, 1.54) is 57.2 Å². The van der Waals surface area contributed by atoms with E-state index in [1.54, 1.807) is 19.0 Å². The first-order valence-electron chi connectivity index (χ1n) is 18.8. The number of fused-ring (bicyclic) bond motifs is 2. The van der Waals surface area contributed by atoms with Crippen LogP contribution in [-0.4, -0.2) is 87.7 Å². The van der Waals surface area contributed by atoms with Crippen molar-refractivity contribution in [2.75, 3.05) is 63.8 Å². The van der Waals surface area contributed by atoms with Crippen molar-refractivity contribution >= 4 is 33.4 Å². The molecule has 0 bridgehead atoms. The minimum Gasteiger partial charge on any atom is -0.449 e. The lowest BCUT2D eigenvalue weighted by molar-refractivity contribution is -0.129. The van der Waals surface area contributed by atoms with Gasteiger partial charge in [-0.05, 0) is 101 Å². The number of amides is 2. The van der Waals surface area contributed by atoms with Crippen molar-refractivity contribution in [1.29, 1.82) is 0 Å². The molecule has 2 N–H and O–H groups in total. The van der Waals surface area contributed by atoms with Gasteiger partial charge in [-0.25, -0.2) is 17.5 Å². The maximum Gasteiger partial charge on any atom is 0.409 e. The Bertz CT molecular complexity index is 1630. The van der Waals surface area contributed by atoms with Gasteiger partial charge in [-0.3, -0.25) is 4.79 Å². The third kappa shape index (κ3) is 15.6. The number of hydrogen-bond donors (Lipinski definition) is 2. The largest absolute Gasteiger partial charge is 0.449 e. The number of benzene rings is 2. The molecule has 2 amide bonds. The van der Waals surface area contributed by atoms with Gasteiger partial charge in [-0.2, -0.15) is 0 Å². The van der Waals surface area contributed by atoms with Crippen LogP contribution in [0.3, 0.4) is 0 Å². The number of hydrogen-bond acceptors (Lipinski definition) is 7. The average molecular weight is 754 g/mol. The van der Waals surface area contributed by atoms with Crippen molar-refractivity contribution in [3.05, 3.63) is 83.2 Å². The van der Waals surface area contributed by atoms with Crippen LogP contribution in [0.5, 0.6) is 0 Å². The van der Waals surface area contributed by atoms with E-state index in [0.717, 1.165) is 75.9 Å². The second-order valence-corrected chi connectivity index (χ2v) is 16.7. The van der Waals surface area contributed by atoms with Crippen molar-refractivity contribution in [2.24, 2.45) is 5.92 Å². The first-order chi connectivity index (χ1) is 24.7. The summed E-state index contributed by atoms with van der Waals surface area (Å²) in [4.78, 5) is 24.8. The van der Waals surface area contributed by atoms with Crippen LogP contribution in [0.2, 0.25) is 0 Å². The Morgan fingerprint density at radius 3 is 1.91 bits per heavy atom. The molecule has 53 heavy (non-hydrogen) atoms. The van der Waals surface area contributed by atoms with E-state index in [4.69, 9.17) is 0 Å². The van der Waals surface area contributed by atoms with Gasteiger partial charge in [0.05, 0.1) is 12.4 Å². The Kier molecular flexibility index (Phi) is 19.2. The number of carbonyl (C=O) groups excluding carboxylic acids is 2. The number of cyclic esters (lactones) is 1. The van der Waals surface area contributed by atoms with Crippen LogP contribution in [0.1, 0.15) is 94.4 Å². The number of ether oxygens (including phenoxy) is 1. The van der Waals surface area contributed by atoms with E-state index in [-0.39, 0.29) is 13.5 Å². The van der Waals surface area contributed by atoms with Crippen molar-refractivity contribution < 1.29 is 22.7 Å². The van der Waals surface area contributed by atoms with Gasteiger partial charge >= 0.3 is 6.09 Å². The molecule has 11 heteroatoms. The molecule has 0 aliphatic carbocycles. The van der Waals surface area contributed by atoms with E-state index >= 15 is 0 Å². The highest BCUT2D eigenvalue weighted by Crippen LogP contribution is 2.29. The standard InChI is InChI=1S/C13H17N.C11H13N.C7H13NO.C5H11NO2S.C5H9NO2.CH4/c1-9-4-7-13-12(8-9)6-5-10(2)11(3)14-13;1-8-3-6-11-10(7-8)5-4-9(2)12-11;1-8-6-4-2-3-5-7(8)9;1-6-4-2-3-5-9(6,7)8;1-6-3-2-4-8-5(6)7;/h4,7-8,10,14H,3,5-6H2,1-2H3;3,6-7,12H,2,4-5H2,1H3;2-6H2,1H3;2-5H2,1H3;2-4H2,1H3;1H4. The molecule has 5 aliphatic rings. The lowest BCUT2D eigenvalue weighted by Gasteiger charge is -2.21. The lowest BCUT2D eigenvalue weighted by atomic mass is 10.00. The summed E-state index contributed by atoms with van der Waals surface area (Å²) in [5.74, 6) is 1.22. The zero-order chi connectivity index (χ0) is 38.3. The minimum absolute atomic E-state index is 0. The van der Waals surface area contributed by atoms with Gasteiger partial charge in [0.25, 0.3) is 0 Å². The van der Waals surface area contributed by atoms with Crippen LogP contribution < -0.4 is 10.6 Å². The Hall–Kier alpha value is -3.83. The van der Waals surface area contributed by atoms with Gasteiger partial charge in [0.1, 0.15) is 0 Å². The predicted molar refractivity (Wildman–Crippen MR) is 221 cm³/mol. The Morgan fingerprint density at radius 2 is 1.34 bits per heavy atom. The number of anilines is 2. The molecule has 0 spiro atoms. The van der Waals surface area contributed by atoms with E-state index in [0.29, 0.717) is 30.7 Å². The monoisotopic (exact) mass is 753 g/mol. The van der Waals surface area contributed by atoms with Gasteiger partial charge < -0.3 is 25.2 Å². The van der Waals surface area contributed by atoms with Crippen LogP contribution in [0.4, 0.5) is 16.2 Å². The molecule has 296 valence electrons. The maximum absolute atomic E-state index is 10.9. The molecule has 2 aromatic carbocycles. The van der Waals surface area contributed by atoms with Gasteiger partial charge in [-0.15, -0.1) is 0 Å². The Balaban J connectivity index is 0.000000232. The third-order valence-electron chi connectivity index (χ3n) is 9.85. The fraction of sp³-hybridized carbons (Fsp3) is 0.571. The van der Waals surface area contributed by atoms with Crippen LogP contribution in [0.25, 0.3) is 0 Å². The Morgan fingerprint density at radius 1 is 0.736 bits per heavy atom. The van der Waals surface area contributed by atoms with Crippen molar-refractivity contribution in [1.82, 2.24) is 14.1 Å². The quantitative estimate of drug-likeness (QED) is 0.278. The molecule has 7 rings (SSSR count). The van der Waals surface area contributed by atoms with E-state index in [9.17, 15) is 18.0 Å². The summed E-state index contributed by atoms with van der Waals surface area (Å²) in [6, 6.07) is 13.1. The number of likely N-dealkylation sites (tertiary alicyclic amines) is 1. The maximum atomic E-state index is 10.9. The Labute approximate surface area is 321 Å². The normalized spacial score (nSPS) is 20.6. The number of sulfonamides is 1. The summed E-state index contributed by atoms with van der Waals surface area (Å²) in [7, 11) is 2.43. The van der Waals surface area contributed by atoms with Gasteiger partial charge in [-0.1, -0.05) is 69.3 Å². The zero-order valence-corrected chi connectivity index (χ0v) is 33.4. The van der Waals surface area contributed by atoms with Crippen LogP contribution in [-0.2, 0) is 32.4 Å². The molecule has 10 nitrogen and oxygen atoms in total. The highest BCUT2D eigenvalue weighted by Gasteiger charge is 2.21. The van der Waals surface area contributed by atoms with Gasteiger partial charge in [0.15, 0.2) is 0 Å². The van der Waals surface area contributed by atoms with E-state index in [1.807, 2.05) is 11.9 Å². The topological polar surface area (TPSA) is 111 Å². The second kappa shape index (κ2) is 22.4. The minimum atomic E-state index is -2.83. The number of allylic oxidation sites excluding steroid dienone is 2. The predicted octanol–water partition coefficient (Wildman–Crippen LogP) is 8.52. The zero-order valence-electron chi connectivity index (χ0n) is 32.6. The molecular weight excluding hydrogens is 687 g/mol. The molecule has 0 saturated carbocycles. The summed E-state index contributed by atoms with van der Waals surface area (Å²) >= 11 is 0. The number of aryl methyl sites for hydroxylation is 4. The van der Waals surface area contributed by atoms with E-state index < -0.39 is 10.0 Å². The van der Waals surface area contributed by atoms with Gasteiger partial charge in [0.2, 0.25) is 15.9 Å². The number of nitrogens with zero attached hydrogens (tertiary/aromatic N) is 3. The highest BCUT2D eigenvalue weighted by atomic mass is 32.2. The van der Waals surface area contributed by atoms with Gasteiger partial charge in [0, 0.05) is 70.0 Å². The molecule has 3 fully saturated rings. The van der Waals surface area contributed by atoms with E-state index in [2.05, 4.69) is 85.7 Å². The number of rotatable bonds is 0. The van der Waals surface area contributed by atoms with Crippen molar-refractivity contribution in [2.45, 2.75) is 98.8 Å². The van der Waals surface area contributed by atoms with Crippen molar-refractivity contribution in [3.8, 4) is 0 Å². The molecule has 5 aliphatic heterocycles. The van der Waals surface area contributed by atoms with Crippen LogP contribution in [0, 0.1) is 19.8 Å². The average Bonchev–Trinajstić information content (AvgIpc) is 3.38. The molecule has 1 unspecified atom stereocenters. The first-order valence-corrected chi connectivity index (χ1v) is 20.4. The van der Waals surface area contributed by atoms with Crippen LogP contribution >= 0.6 is 0 Å². The number of nitrogens with one attached hydrogen (secondary N) is 2. The molecule has 2 aromatic rings. The summed E-state index contributed by atoms with van der Waals surface area (Å²) in [6.07, 6.45) is 11.4. The van der Waals surface area contributed by atoms with Crippen LogP contribution in [0.15, 0.2) is 61.0 Å². The molecule has 3 saturated heterocycles. The molecule has 5 heterocycles. The fourth-order valence-electron chi connectivity index (χ4n) is 6.18.